The van der Waals surface area contributed by atoms with Crippen LogP contribution in [-0.4, -0.2) is 10.4 Å². The number of nitrogens with zero attached hydrogens (tertiary/aromatic N) is 1. The Labute approximate surface area is 95.9 Å². The number of Topliss-reactive ketones (excluding diaryl/α,β-unsaturated/α-hetero) is 1. The van der Waals surface area contributed by atoms with Gasteiger partial charge in [0.2, 0.25) is 0 Å². The molecular weight excluding hydrogens is 198 g/mol. The number of benzene rings is 1. The fourth-order valence-electron chi connectivity index (χ4n) is 2.33. The van der Waals surface area contributed by atoms with Crippen LogP contribution in [0.4, 0.5) is 0 Å². The van der Waals surface area contributed by atoms with E-state index in [0.29, 0.717) is 6.42 Å². The Kier molecular flexibility index (Phi) is 2.82. The standard InChI is InChI=1S/C14H17NO/c1-4-15-9-10(2)14-12(8-11(3)16)6-5-7-13(14)15/h5-7,9H,4,8H2,1-3H3. The van der Waals surface area contributed by atoms with Crippen LogP contribution in [0.15, 0.2) is 24.4 Å². The summed E-state index contributed by atoms with van der Waals surface area (Å²) in [5, 5.41) is 1.25. The summed E-state index contributed by atoms with van der Waals surface area (Å²) in [6, 6.07) is 6.21. The van der Waals surface area contributed by atoms with Gasteiger partial charge in [-0.15, -0.1) is 0 Å². The highest BCUT2D eigenvalue weighted by molar-refractivity contribution is 5.91. The Morgan fingerprint density at radius 3 is 2.75 bits per heavy atom. The quantitative estimate of drug-likeness (QED) is 0.771. The topological polar surface area (TPSA) is 22.0 Å². The number of ketones is 1. The minimum absolute atomic E-state index is 0.219. The zero-order valence-corrected chi connectivity index (χ0v) is 10.1. The van der Waals surface area contributed by atoms with Crippen LogP contribution in [0.1, 0.15) is 25.0 Å². The number of carbonyl (C=O) groups is 1. The molecule has 0 radical (unpaired) electrons. The van der Waals surface area contributed by atoms with Crippen LogP contribution < -0.4 is 0 Å². The lowest BCUT2D eigenvalue weighted by atomic mass is 10.0. The van der Waals surface area contributed by atoms with Gasteiger partial charge >= 0.3 is 0 Å². The lowest BCUT2D eigenvalue weighted by Crippen LogP contribution is -1.97. The number of hydrogen-bond acceptors (Lipinski definition) is 1. The van der Waals surface area contributed by atoms with Crippen molar-refractivity contribution in [3.63, 3.8) is 0 Å². The molecule has 2 heteroatoms. The molecule has 2 nitrogen and oxygen atoms in total. The zero-order valence-electron chi connectivity index (χ0n) is 10.1. The molecule has 0 saturated heterocycles. The van der Waals surface area contributed by atoms with Crippen molar-refractivity contribution in [3.8, 4) is 0 Å². The van der Waals surface area contributed by atoms with Crippen molar-refractivity contribution in [1.29, 1.82) is 0 Å². The fraction of sp³-hybridized carbons (Fsp3) is 0.357. The minimum Gasteiger partial charge on any atom is -0.347 e. The third-order valence-corrected chi connectivity index (χ3v) is 2.96. The van der Waals surface area contributed by atoms with Gasteiger partial charge in [0.05, 0.1) is 0 Å². The normalized spacial score (nSPS) is 10.9. The molecule has 0 aliphatic rings. The van der Waals surface area contributed by atoms with Gasteiger partial charge in [-0.2, -0.15) is 0 Å². The van der Waals surface area contributed by atoms with Gasteiger partial charge < -0.3 is 4.57 Å². The van der Waals surface area contributed by atoms with Crippen LogP contribution in [0, 0.1) is 6.92 Å². The van der Waals surface area contributed by atoms with Crippen LogP contribution in [0.3, 0.4) is 0 Å². The predicted octanol–water partition coefficient (Wildman–Crippen LogP) is 3.10. The maximum atomic E-state index is 11.2. The Morgan fingerprint density at radius 1 is 1.38 bits per heavy atom. The molecule has 0 aliphatic heterocycles. The number of hydrogen-bond donors (Lipinski definition) is 0. The molecule has 0 aliphatic carbocycles. The first-order valence-electron chi connectivity index (χ1n) is 5.70. The molecule has 0 atom stereocenters. The van der Waals surface area contributed by atoms with E-state index in [2.05, 4.69) is 36.7 Å². The first-order valence-corrected chi connectivity index (χ1v) is 5.70. The summed E-state index contributed by atoms with van der Waals surface area (Å²) < 4.78 is 2.23. The maximum Gasteiger partial charge on any atom is 0.134 e. The molecule has 16 heavy (non-hydrogen) atoms. The first kappa shape index (κ1) is 10.9. The Bertz CT molecular complexity index is 537. The molecule has 84 valence electrons. The highest BCUT2D eigenvalue weighted by Gasteiger charge is 2.09. The number of aromatic nitrogens is 1. The van der Waals surface area contributed by atoms with Gasteiger partial charge in [0, 0.05) is 30.1 Å². The summed E-state index contributed by atoms with van der Waals surface area (Å²) in [5.74, 6) is 0.219. The minimum atomic E-state index is 0.219. The number of fused-ring (bicyclic) bond motifs is 1. The van der Waals surface area contributed by atoms with Gasteiger partial charge in [0.25, 0.3) is 0 Å². The molecule has 2 rings (SSSR count). The highest BCUT2D eigenvalue weighted by atomic mass is 16.1. The van der Waals surface area contributed by atoms with E-state index < -0.39 is 0 Å². The van der Waals surface area contributed by atoms with E-state index in [4.69, 9.17) is 0 Å². The monoisotopic (exact) mass is 215 g/mol. The summed E-state index contributed by atoms with van der Waals surface area (Å²) in [6.45, 7) is 6.85. The average Bonchev–Trinajstić information content (AvgIpc) is 2.56. The molecule has 0 fully saturated rings. The molecule has 2 aromatic rings. The second-order valence-electron chi connectivity index (χ2n) is 4.29. The van der Waals surface area contributed by atoms with Crippen molar-refractivity contribution in [1.82, 2.24) is 4.57 Å². The lowest BCUT2D eigenvalue weighted by Gasteiger charge is -2.04. The third kappa shape index (κ3) is 1.75. The summed E-state index contributed by atoms with van der Waals surface area (Å²) in [4.78, 5) is 11.2. The predicted molar refractivity (Wildman–Crippen MR) is 66.7 cm³/mol. The number of carbonyl (C=O) groups excluding carboxylic acids is 1. The van der Waals surface area contributed by atoms with Crippen molar-refractivity contribution in [3.05, 3.63) is 35.5 Å². The van der Waals surface area contributed by atoms with Crippen molar-refractivity contribution in [2.24, 2.45) is 0 Å². The summed E-state index contributed by atoms with van der Waals surface area (Å²) >= 11 is 0. The molecule has 1 heterocycles. The molecule has 0 unspecified atom stereocenters. The Balaban J connectivity index is 2.67. The molecule has 0 saturated carbocycles. The number of rotatable bonds is 3. The smallest absolute Gasteiger partial charge is 0.134 e. The van der Waals surface area contributed by atoms with E-state index in [1.54, 1.807) is 6.92 Å². The van der Waals surface area contributed by atoms with E-state index in [0.717, 1.165) is 12.1 Å². The van der Waals surface area contributed by atoms with Crippen molar-refractivity contribution in [2.75, 3.05) is 0 Å². The lowest BCUT2D eigenvalue weighted by molar-refractivity contribution is -0.116. The second-order valence-corrected chi connectivity index (χ2v) is 4.29. The SMILES string of the molecule is CCn1cc(C)c2c(CC(C)=O)cccc21. The van der Waals surface area contributed by atoms with E-state index in [9.17, 15) is 4.79 Å². The third-order valence-electron chi connectivity index (χ3n) is 2.96. The molecule has 0 bridgehead atoms. The van der Waals surface area contributed by atoms with Crippen molar-refractivity contribution < 1.29 is 4.79 Å². The Morgan fingerprint density at radius 2 is 2.12 bits per heavy atom. The van der Waals surface area contributed by atoms with Crippen LogP contribution in [0.2, 0.25) is 0 Å². The van der Waals surface area contributed by atoms with E-state index in [1.807, 2.05) is 6.07 Å². The van der Waals surface area contributed by atoms with Gasteiger partial charge in [-0.1, -0.05) is 12.1 Å². The fourth-order valence-corrected chi connectivity index (χ4v) is 2.33. The van der Waals surface area contributed by atoms with E-state index in [1.165, 1.54) is 16.5 Å². The van der Waals surface area contributed by atoms with E-state index in [-0.39, 0.29) is 5.78 Å². The maximum absolute atomic E-state index is 11.2. The van der Waals surface area contributed by atoms with Gasteiger partial charge in [-0.3, -0.25) is 4.79 Å². The van der Waals surface area contributed by atoms with Crippen molar-refractivity contribution in [2.45, 2.75) is 33.7 Å². The van der Waals surface area contributed by atoms with Gasteiger partial charge in [0.15, 0.2) is 0 Å². The Hall–Kier alpha value is -1.57. The van der Waals surface area contributed by atoms with Crippen LogP contribution in [0.25, 0.3) is 10.9 Å². The largest absolute Gasteiger partial charge is 0.347 e. The first-order chi connectivity index (χ1) is 7.63. The number of aryl methyl sites for hydroxylation is 2. The molecule has 0 N–H and O–H groups in total. The molecule has 1 aromatic heterocycles. The van der Waals surface area contributed by atoms with Gasteiger partial charge in [-0.05, 0) is 38.0 Å². The molecule has 0 amide bonds. The molecule has 0 spiro atoms. The van der Waals surface area contributed by atoms with Crippen LogP contribution >= 0.6 is 0 Å². The highest BCUT2D eigenvalue weighted by Crippen LogP contribution is 2.25. The zero-order chi connectivity index (χ0) is 11.7. The van der Waals surface area contributed by atoms with Crippen LogP contribution in [0.5, 0.6) is 0 Å². The van der Waals surface area contributed by atoms with Crippen molar-refractivity contribution >= 4 is 16.7 Å². The average molecular weight is 215 g/mol. The van der Waals surface area contributed by atoms with E-state index >= 15 is 0 Å². The molecule has 1 aromatic carbocycles. The van der Waals surface area contributed by atoms with Crippen LogP contribution in [-0.2, 0) is 17.8 Å². The summed E-state index contributed by atoms with van der Waals surface area (Å²) in [5.41, 5.74) is 3.64. The second kappa shape index (κ2) is 4.12. The summed E-state index contributed by atoms with van der Waals surface area (Å²) in [7, 11) is 0. The van der Waals surface area contributed by atoms with Gasteiger partial charge in [-0.25, -0.2) is 0 Å². The molecular formula is C14H17NO. The van der Waals surface area contributed by atoms with Gasteiger partial charge in [0.1, 0.15) is 5.78 Å². The summed E-state index contributed by atoms with van der Waals surface area (Å²) in [6.07, 6.45) is 2.69.